The molecule has 0 spiro atoms. The molecule has 0 aliphatic rings. The quantitative estimate of drug-likeness (QED) is 0.540. The Morgan fingerprint density at radius 2 is 2.10 bits per heavy atom. The molecule has 0 heterocycles. The lowest BCUT2D eigenvalue weighted by Crippen LogP contribution is -2.30. The fraction of sp³-hybridized carbons (Fsp3) is 1.00. The van der Waals surface area contributed by atoms with Crippen LogP contribution in [0.15, 0.2) is 0 Å². The van der Waals surface area contributed by atoms with E-state index in [1.54, 1.807) is 6.92 Å². The topological polar surface area (TPSA) is 49.7 Å². The van der Waals surface area contributed by atoms with Crippen molar-refractivity contribution >= 4 is 7.69 Å². The van der Waals surface area contributed by atoms with Gasteiger partial charge in [-0.15, -0.1) is 0 Å². The molecule has 0 bridgehead atoms. The molecule has 0 saturated carbocycles. The van der Waals surface area contributed by atoms with Crippen molar-refractivity contribution in [2.24, 2.45) is 0 Å². The largest absolute Gasteiger partial charge is 0.435 e. The Balaban J connectivity index is 3.63. The van der Waals surface area contributed by atoms with Crippen LogP contribution in [0.1, 0.15) is 27.2 Å². The van der Waals surface area contributed by atoms with Gasteiger partial charge in [-0.05, 0) is 20.8 Å². The lowest BCUT2D eigenvalue weighted by atomic mass is 10.0. The Labute approximate surface area is 62.3 Å². The van der Waals surface area contributed by atoms with E-state index >= 15 is 0 Å². The number of aliphatic hydroxyl groups excluding tert-OH is 1. The predicted octanol–water partition coefficient (Wildman–Crippen LogP) is -0.189. The van der Waals surface area contributed by atoms with E-state index in [0.29, 0.717) is 6.42 Å². The zero-order valence-corrected chi connectivity index (χ0v) is 6.79. The van der Waals surface area contributed by atoms with E-state index in [4.69, 9.17) is 14.8 Å². The summed E-state index contributed by atoms with van der Waals surface area (Å²) < 4.78 is 4.94. The smallest absolute Gasteiger partial charge is 0.430 e. The maximum atomic E-state index is 8.95. The van der Waals surface area contributed by atoms with Crippen LogP contribution in [0.2, 0.25) is 0 Å². The summed E-state index contributed by atoms with van der Waals surface area (Å²) >= 11 is 0. The third kappa shape index (κ3) is 4.79. The van der Waals surface area contributed by atoms with Crippen LogP contribution in [0.25, 0.3) is 0 Å². The molecule has 1 unspecified atom stereocenters. The van der Waals surface area contributed by atoms with Crippen LogP contribution >= 0.6 is 0 Å². The van der Waals surface area contributed by atoms with Crippen molar-refractivity contribution in [3.8, 4) is 0 Å². The minimum absolute atomic E-state index is 0.292. The third-order valence-corrected chi connectivity index (χ3v) is 1.24. The summed E-state index contributed by atoms with van der Waals surface area (Å²) in [6.07, 6.45) is 0.148. The van der Waals surface area contributed by atoms with Crippen LogP contribution in [0.3, 0.4) is 0 Å². The molecule has 0 rings (SSSR count). The van der Waals surface area contributed by atoms with Gasteiger partial charge in [-0.25, -0.2) is 0 Å². The molecule has 0 aliphatic carbocycles. The second kappa shape index (κ2) is 3.96. The molecule has 0 aromatic carbocycles. The summed E-state index contributed by atoms with van der Waals surface area (Å²) in [5.41, 5.74) is -0.428. The fourth-order valence-electron chi connectivity index (χ4n) is 0.945. The van der Waals surface area contributed by atoms with Gasteiger partial charge in [0.05, 0.1) is 11.7 Å². The summed E-state index contributed by atoms with van der Waals surface area (Å²) in [6, 6.07) is 0. The molecule has 1 atom stereocenters. The van der Waals surface area contributed by atoms with Gasteiger partial charge in [0.25, 0.3) is 0 Å². The molecule has 10 heavy (non-hydrogen) atoms. The SMILES string of the molecule is CC(O)CC(C)(C)OBO. The first kappa shape index (κ1) is 9.94. The van der Waals surface area contributed by atoms with Gasteiger partial charge in [-0.1, -0.05) is 0 Å². The molecule has 0 saturated heterocycles. The van der Waals surface area contributed by atoms with Crippen molar-refractivity contribution in [2.75, 3.05) is 0 Å². The highest BCUT2D eigenvalue weighted by Gasteiger charge is 2.19. The first-order valence-corrected chi connectivity index (χ1v) is 3.41. The number of rotatable bonds is 4. The fourth-order valence-corrected chi connectivity index (χ4v) is 0.945. The summed E-state index contributed by atoms with van der Waals surface area (Å²) in [4.78, 5) is 0. The molecule has 60 valence electrons. The van der Waals surface area contributed by atoms with E-state index in [1.165, 1.54) is 0 Å². The number of hydrogen-bond donors (Lipinski definition) is 2. The summed E-state index contributed by atoms with van der Waals surface area (Å²) in [7, 11) is -0.292. The minimum atomic E-state index is -0.428. The second-order valence-corrected chi connectivity index (χ2v) is 3.09. The molecular formula is C6H15BO3. The zero-order valence-electron chi connectivity index (χ0n) is 6.79. The van der Waals surface area contributed by atoms with Crippen molar-refractivity contribution in [2.45, 2.75) is 38.9 Å². The van der Waals surface area contributed by atoms with Crippen molar-refractivity contribution in [1.82, 2.24) is 0 Å². The molecule has 0 aromatic rings. The highest BCUT2D eigenvalue weighted by atomic mass is 16.5. The Morgan fingerprint density at radius 3 is 2.40 bits per heavy atom. The van der Waals surface area contributed by atoms with E-state index in [-0.39, 0.29) is 13.8 Å². The molecule has 0 aromatic heterocycles. The van der Waals surface area contributed by atoms with Gasteiger partial charge in [-0.2, -0.15) is 0 Å². The second-order valence-electron chi connectivity index (χ2n) is 3.09. The molecule has 0 fully saturated rings. The van der Waals surface area contributed by atoms with Gasteiger partial charge < -0.3 is 14.8 Å². The average molecular weight is 146 g/mol. The Morgan fingerprint density at radius 1 is 1.60 bits per heavy atom. The Hall–Kier alpha value is -0.0551. The van der Waals surface area contributed by atoms with Crippen LogP contribution in [-0.2, 0) is 4.65 Å². The molecule has 0 amide bonds. The van der Waals surface area contributed by atoms with Crippen LogP contribution in [0, 0.1) is 0 Å². The minimum Gasteiger partial charge on any atom is -0.430 e. The summed E-state index contributed by atoms with van der Waals surface area (Å²) in [5.74, 6) is 0. The van der Waals surface area contributed by atoms with Gasteiger partial charge in [-0.3, -0.25) is 0 Å². The molecule has 0 aliphatic heterocycles. The molecule has 3 nitrogen and oxygen atoms in total. The van der Waals surface area contributed by atoms with Crippen LogP contribution in [0.5, 0.6) is 0 Å². The molecule has 2 N–H and O–H groups in total. The maximum absolute atomic E-state index is 8.95. The normalized spacial score (nSPS) is 14.9. The number of hydrogen-bond acceptors (Lipinski definition) is 3. The van der Waals surface area contributed by atoms with E-state index in [2.05, 4.69) is 0 Å². The van der Waals surface area contributed by atoms with Gasteiger partial charge in [0.1, 0.15) is 0 Å². The molecular weight excluding hydrogens is 131 g/mol. The van der Waals surface area contributed by atoms with Crippen LogP contribution in [0.4, 0.5) is 0 Å². The zero-order chi connectivity index (χ0) is 8.20. The summed E-state index contributed by atoms with van der Waals surface area (Å²) in [6.45, 7) is 5.36. The van der Waals surface area contributed by atoms with Crippen molar-refractivity contribution in [3.05, 3.63) is 0 Å². The Bertz CT molecular complexity index is 93.0. The van der Waals surface area contributed by atoms with E-state index in [9.17, 15) is 0 Å². The lowest BCUT2D eigenvalue weighted by molar-refractivity contribution is 0.0376. The highest BCUT2D eigenvalue weighted by Crippen LogP contribution is 2.15. The van der Waals surface area contributed by atoms with Gasteiger partial charge in [0.15, 0.2) is 0 Å². The molecule has 0 radical (unpaired) electrons. The van der Waals surface area contributed by atoms with E-state index < -0.39 is 5.60 Å². The summed E-state index contributed by atoms with van der Waals surface area (Å²) in [5, 5.41) is 17.4. The van der Waals surface area contributed by atoms with Crippen LogP contribution < -0.4 is 0 Å². The van der Waals surface area contributed by atoms with Crippen molar-refractivity contribution in [3.63, 3.8) is 0 Å². The molecule has 4 heteroatoms. The first-order valence-electron chi connectivity index (χ1n) is 3.41. The standard InChI is InChI=1S/C6H15BO3/c1-5(8)4-6(2,3)10-7-9/h5,7-9H,4H2,1-3H3. The van der Waals surface area contributed by atoms with Gasteiger partial charge >= 0.3 is 7.69 Å². The Kier molecular flexibility index (Phi) is 3.94. The van der Waals surface area contributed by atoms with Crippen molar-refractivity contribution in [1.29, 1.82) is 0 Å². The highest BCUT2D eigenvalue weighted by molar-refractivity contribution is 6.16. The van der Waals surface area contributed by atoms with E-state index in [0.717, 1.165) is 0 Å². The third-order valence-electron chi connectivity index (χ3n) is 1.24. The maximum Gasteiger partial charge on any atom is 0.435 e. The van der Waals surface area contributed by atoms with Crippen LogP contribution in [-0.4, -0.2) is 29.5 Å². The average Bonchev–Trinajstić information content (AvgIpc) is 1.59. The van der Waals surface area contributed by atoms with E-state index in [1.807, 2.05) is 13.8 Å². The van der Waals surface area contributed by atoms with Crippen molar-refractivity contribution < 1.29 is 14.8 Å². The van der Waals surface area contributed by atoms with Gasteiger partial charge in [0, 0.05) is 6.42 Å². The first-order chi connectivity index (χ1) is 4.48. The monoisotopic (exact) mass is 146 g/mol. The predicted molar refractivity (Wildman–Crippen MR) is 40.8 cm³/mol. The number of aliphatic hydroxyl groups is 1. The van der Waals surface area contributed by atoms with Gasteiger partial charge in [0.2, 0.25) is 0 Å². The lowest BCUT2D eigenvalue weighted by Gasteiger charge is -2.25.